The van der Waals surface area contributed by atoms with Crippen LogP contribution in [-0.2, 0) is 16.0 Å². The van der Waals surface area contributed by atoms with Crippen LogP contribution in [0.5, 0.6) is 0 Å². The molecule has 21 heavy (non-hydrogen) atoms. The number of carboxylic acids is 1. The minimum atomic E-state index is -1.31. The minimum Gasteiger partial charge on any atom is -0.544 e. The lowest BCUT2D eigenvalue weighted by Gasteiger charge is -2.17. The van der Waals surface area contributed by atoms with Crippen molar-refractivity contribution in [3.8, 4) is 0 Å². The first-order valence-electron chi connectivity index (χ1n) is 7.03. The highest BCUT2D eigenvalue weighted by Gasteiger charge is 2.19. The Morgan fingerprint density at radius 2 is 2.14 bits per heavy atom. The lowest BCUT2D eigenvalue weighted by atomic mass is 10.1. The first-order chi connectivity index (χ1) is 9.99. The van der Waals surface area contributed by atoms with Crippen molar-refractivity contribution in [2.75, 3.05) is 18.5 Å². The molecule has 0 aliphatic carbocycles. The minimum absolute atomic E-state index is 0.150. The van der Waals surface area contributed by atoms with Crippen molar-refractivity contribution in [1.82, 2.24) is 0 Å². The van der Waals surface area contributed by atoms with Crippen molar-refractivity contribution < 1.29 is 25.1 Å². The molecule has 0 saturated heterocycles. The number of nitrogens with two attached hydrogens (primary N) is 1. The monoisotopic (exact) mass is 294 g/mol. The topological polar surface area (TPSA) is 106 Å². The number of carbonyl (C=O) groups excluding carboxylic acids is 2. The van der Waals surface area contributed by atoms with E-state index in [2.05, 4.69) is 5.32 Å². The van der Waals surface area contributed by atoms with E-state index < -0.39 is 12.0 Å². The molecular weight excluding hydrogens is 272 g/mol. The van der Waals surface area contributed by atoms with Gasteiger partial charge in [-0.15, -0.1) is 0 Å². The summed E-state index contributed by atoms with van der Waals surface area (Å²) in [7, 11) is 0. The molecule has 0 aliphatic heterocycles. The van der Waals surface area contributed by atoms with Crippen LogP contribution < -0.4 is 15.7 Å². The summed E-state index contributed by atoms with van der Waals surface area (Å²) in [5.41, 5.74) is 2.68. The van der Waals surface area contributed by atoms with E-state index in [0.29, 0.717) is 0 Å². The maximum Gasteiger partial charge on any atom is 0.230 e. The number of benzene rings is 1. The Morgan fingerprint density at radius 3 is 2.71 bits per heavy atom. The Labute approximate surface area is 124 Å². The third-order valence-corrected chi connectivity index (χ3v) is 3.29. The van der Waals surface area contributed by atoms with Crippen molar-refractivity contribution in [2.45, 2.75) is 32.7 Å². The molecule has 0 unspecified atom stereocenters. The summed E-state index contributed by atoms with van der Waals surface area (Å²) in [5.74, 6) is -1.68. The third-order valence-electron chi connectivity index (χ3n) is 3.29. The summed E-state index contributed by atoms with van der Waals surface area (Å²) in [6.07, 6.45) is 0.581. The molecule has 0 aliphatic rings. The maximum absolute atomic E-state index is 12.0. The molecule has 0 aromatic heterocycles. The van der Waals surface area contributed by atoms with Crippen LogP contribution in [0.1, 0.15) is 24.5 Å². The van der Waals surface area contributed by atoms with Crippen LogP contribution in [0, 0.1) is 6.92 Å². The number of nitrogens with one attached hydrogen (secondary N) is 1. The maximum atomic E-state index is 12.0. The Balaban J connectivity index is 2.74. The van der Waals surface area contributed by atoms with Gasteiger partial charge in [-0.05, 0) is 24.5 Å². The average Bonchev–Trinajstić information content (AvgIpc) is 2.45. The van der Waals surface area contributed by atoms with E-state index in [1.165, 1.54) is 5.32 Å². The number of quaternary nitrogens is 1. The smallest absolute Gasteiger partial charge is 0.230 e. The lowest BCUT2D eigenvalue weighted by Crippen LogP contribution is -2.94. The van der Waals surface area contributed by atoms with Gasteiger partial charge in [-0.1, -0.05) is 25.1 Å². The molecule has 0 spiro atoms. The van der Waals surface area contributed by atoms with Gasteiger partial charge in [0.05, 0.1) is 25.5 Å². The van der Waals surface area contributed by atoms with Gasteiger partial charge in [0.2, 0.25) is 5.91 Å². The first-order valence-corrected chi connectivity index (χ1v) is 7.03. The molecule has 1 aromatic carbocycles. The third kappa shape index (κ3) is 5.17. The van der Waals surface area contributed by atoms with Crippen molar-refractivity contribution in [3.63, 3.8) is 0 Å². The fourth-order valence-corrected chi connectivity index (χ4v) is 2.13. The number of aliphatic hydroxyl groups is 1. The number of aliphatic hydroxyl groups excluding tert-OH is 1. The van der Waals surface area contributed by atoms with Crippen LogP contribution in [0.2, 0.25) is 0 Å². The van der Waals surface area contributed by atoms with Crippen molar-refractivity contribution in [3.05, 3.63) is 29.3 Å². The number of hydrogen-bond donors (Lipinski definition) is 3. The number of para-hydroxylation sites is 1. The van der Waals surface area contributed by atoms with E-state index in [1.54, 1.807) is 0 Å². The summed E-state index contributed by atoms with van der Waals surface area (Å²) in [6, 6.07) is 4.74. The second-order valence-corrected chi connectivity index (χ2v) is 4.89. The van der Waals surface area contributed by atoms with Gasteiger partial charge in [0.25, 0.3) is 0 Å². The van der Waals surface area contributed by atoms with Crippen molar-refractivity contribution in [1.29, 1.82) is 0 Å². The average molecular weight is 294 g/mol. The fourth-order valence-electron chi connectivity index (χ4n) is 2.13. The largest absolute Gasteiger partial charge is 0.544 e. The molecule has 0 heterocycles. The molecule has 1 aromatic rings. The SMILES string of the molecule is CCc1cccc(C)c1NC(=O)C[C@H]([NH2+]CCO)C(=O)[O-]. The number of rotatable bonds is 8. The van der Waals surface area contributed by atoms with Crippen molar-refractivity contribution >= 4 is 17.6 Å². The van der Waals surface area contributed by atoms with Gasteiger partial charge in [-0.2, -0.15) is 0 Å². The quantitative estimate of drug-likeness (QED) is 0.546. The summed E-state index contributed by atoms with van der Waals surface area (Å²) in [6.45, 7) is 3.95. The molecule has 6 nitrogen and oxygen atoms in total. The van der Waals surface area contributed by atoms with E-state index in [1.807, 2.05) is 32.0 Å². The molecule has 1 atom stereocenters. The second-order valence-electron chi connectivity index (χ2n) is 4.89. The predicted octanol–water partition coefficient (Wildman–Crippen LogP) is -1.44. The van der Waals surface area contributed by atoms with E-state index in [9.17, 15) is 14.7 Å². The van der Waals surface area contributed by atoms with Gasteiger partial charge < -0.3 is 25.6 Å². The Morgan fingerprint density at radius 1 is 1.43 bits per heavy atom. The number of carbonyl (C=O) groups is 2. The van der Waals surface area contributed by atoms with E-state index in [-0.39, 0.29) is 25.5 Å². The summed E-state index contributed by atoms with van der Waals surface area (Å²) in [5, 5.41) is 23.9. The van der Waals surface area contributed by atoms with Gasteiger partial charge in [0, 0.05) is 5.69 Å². The van der Waals surface area contributed by atoms with Crippen LogP contribution in [0.3, 0.4) is 0 Å². The summed E-state index contributed by atoms with van der Waals surface area (Å²) in [4.78, 5) is 23.0. The summed E-state index contributed by atoms with van der Waals surface area (Å²) >= 11 is 0. The van der Waals surface area contributed by atoms with Crippen LogP contribution in [-0.4, -0.2) is 36.2 Å². The van der Waals surface area contributed by atoms with Gasteiger partial charge >= 0.3 is 0 Å². The zero-order chi connectivity index (χ0) is 15.8. The van der Waals surface area contributed by atoms with Gasteiger partial charge in [0.15, 0.2) is 0 Å². The van der Waals surface area contributed by atoms with Crippen LogP contribution in [0.25, 0.3) is 0 Å². The number of amides is 1. The molecule has 0 bridgehead atoms. The Kier molecular flexibility index (Phi) is 6.84. The standard InChI is InChI=1S/C15H22N2O4/c1-3-11-6-4-5-10(2)14(11)17-13(19)9-12(15(20)21)16-7-8-18/h4-6,12,16,18H,3,7-9H2,1-2H3,(H,17,19)(H,20,21)/t12-/m0/s1. The predicted molar refractivity (Wildman–Crippen MR) is 76.5 cm³/mol. The highest BCUT2D eigenvalue weighted by molar-refractivity contribution is 5.94. The van der Waals surface area contributed by atoms with E-state index in [4.69, 9.17) is 5.11 Å². The molecule has 0 fully saturated rings. The van der Waals surface area contributed by atoms with E-state index in [0.717, 1.165) is 23.2 Å². The molecule has 1 rings (SSSR count). The Bertz CT molecular complexity index is 502. The lowest BCUT2D eigenvalue weighted by molar-refractivity contribution is -0.683. The highest BCUT2D eigenvalue weighted by Crippen LogP contribution is 2.21. The first kappa shape index (κ1) is 17.1. The molecular formula is C15H22N2O4. The van der Waals surface area contributed by atoms with Gasteiger partial charge in [-0.25, -0.2) is 0 Å². The van der Waals surface area contributed by atoms with Gasteiger partial charge in [-0.3, -0.25) is 4.79 Å². The number of aryl methyl sites for hydroxylation is 2. The number of aliphatic carboxylic acids is 1. The van der Waals surface area contributed by atoms with Crippen LogP contribution >= 0.6 is 0 Å². The van der Waals surface area contributed by atoms with Crippen LogP contribution in [0.4, 0.5) is 5.69 Å². The Hall–Kier alpha value is -1.92. The molecule has 6 heteroatoms. The zero-order valence-corrected chi connectivity index (χ0v) is 12.4. The van der Waals surface area contributed by atoms with Crippen molar-refractivity contribution in [2.24, 2.45) is 0 Å². The number of anilines is 1. The molecule has 0 radical (unpaired) electrons. The second kappa shape index (κ2) is 8.39. The highest BCUT2D eigenvalue weighted by atomic mass is 16.4. The number of hydrogen-bond acceptors (Lipinski definition) is 4. The normalized spacial score (nSPS) is 12.0. The summed E-state index contributed by atoms with van der Waals surface area (Å²) < 4.78 is 0. The zero-order valence-electron chi connectivity index (χ0n) is 12.4. The van der Waals surface area contributed by atoms with E-state index >= 15 is 0 Å². The molecule has 4 N–H and O–H groups in total. The number of carboxylic acid groups (broad SMARTS) is 1. The molecule has 1 amide bonds. The molecule has 116 valence electrons. The van der Waals surface area contributed by atoms with Gasteiger partial charge in [0.1, 0.15) is 6.04 Å². The molecule has 0 saturated carbocycles. The van der Waals surface area contributed by atoms with Crippen LogP contribution in [0.15, 0.2) is 18.2 Å². The fraction of sp³-hybridized carbons (Fsp3) is 0.467.